The van der Waals surface area contributed by atoms with Crippen molar-refractivity contribution < 1.29 is 9.59 Å². The Morgan fingerprint density at radius 2 is 2.17 bits per heavy atom. The molecule has 4 heteroatoms. The predicted octanol–water partition coefficient (Wildman–Crippen LogP) is -0.488. The Balaban J connectivity index is 3.53. The van der Waals surface area contributed by atoms with Crippen molar-refractivity contribution in [3.05, 3.63) is 0 Å². The van der Waals surface area contributed by atoms with Crippen LogP contribution >= 0.6 is 0 Å². The normalized spacial score (nSPS) is 12.5. The smallest absolute Gasteiger partial charge is 0.198 e. The molecular formula is C8H15N2O2. The lowest BCUT2D eigenvalue weighted by molar-refractivity contribution is -0.120. The maximum atomic E-state index is 11.1. The maximum Gasteiger partial charge on any atom is 0.198 e. The Hall–Kier alpha value is -0.740. The molecule has 0 aliphatic carbocycles. The second-order valence-electron chi connectivity index (χ2n) is 2.65. The monoisotopic (exact) mass is 171 g/mol. The Kier molecular flexibility index (Phi) is 6.51. The highest BCUT2D eigenvalue weighted by molar-refractivity contribution is 5.83. The van der Waals surface area contributed by atoms with E-state index in [0.717, 1.165) is 0 Å². The van der Waals surface area contributed by atoms with Gasteiger partial charge in [0.2, 0.25) is 0 Å². The van der Waals surface area contributed by atoms with Gasteiger partial charge in [-0.25, -0.2) is 0 Å². The Morgan fingerprint density at radius 3 is 2.67 bits per heavy atom. The van der Waals surface area contributed by atoms with E-state index < -0.39 is 6.04 Å². The third-order valence-electron chi connectivity index (χ3n) is 1.60. The largest absolute Gasteiger partial charge is 0.330 e. The van der Waals surface area contributed by atoms with Gasteiger partial charge in [0, 0.05) is 12.8 Å². The summed E-state index contributed by atoms with van der Waals surface area (Å²) in [5, 5.41) is 0. The molecule has 69 valence electrons. The highest BCUT2D eigenvalue weighted by Crippen LogP contribution is 1.98. The molecule has 0 spiro atoms. The molecule has 1 unspecified atom stereocenters. The van der Waals surface area contributed by atoms with Gasteiger partial charge in [0.1, 0.15) is 5.78 Å². The first kappa shape index (κ1) is 11.3. The first-order chi connectivity index (χ1) is 5.72. The van der Waals surface area contributed by atoms with Crippen molar-refractivity contribution in [2.75, 3.05) is 6.54 Å². The fourth-order valence-corrected chi connectivity index (χ4v) is 0.837. The molecule has 0 fully saturated rings. The van der Waals surface area contributed by atoms with Gasteiger partial charge in [0.15, 0.2) is 6.29 Å². The number of ketones is 1. The van der Waals surface area contributed by atoms with Crippen molar-refractivity contribution in [3.63, 3.8) is 0 Å². The third kappa shape index (κ3) is 4.98. The zero-order chi connectivity index (χ0) is 9.40. The quantitative estimate of drug-likeness (QED) is 0.541. The Bertz CT molecular complexity index is 148. The van der Waals surface area contributed by atoms with Crippen molar-refractivity contribution in [1.29, 1.82) is 0 Å². The number of hydrogen-bond acceptors (Lipinski definition) is 4. The van der Waals surface area contributed by atoms with Gasteiger partial charge in [-0.05, 0) is 19.4 Å². The molecule has 1 radical (unpaired) electrons. The van der Waals surface area contributed by atoms with Crippen LogP contribution in [0, 0.1) is 0 Å². The van der Waals surface area contributed by atoms with Crippen LogP contribution in [-0.2, 0) is 9.59 Å². The van der Waals surface area contributed by atoms with Crippen LogP contribution in [0.2, 0.25) is 0 Å². The fourth-order valence-electron chi connectivity index (χ4n) is 0.837. The van der Waals surface area contributed by atoms with Gasteiger partial charge < -0.3 is 11.5 Å². The second-order valence-corrected chi connectivity index (χ2v) is 2.65. The summed E-state index contributed by atoms with van der Waals surface area (Å²) in [5.41, 5.74) is 10.7. The fraction of sp³-hybridized carbons (Fsp3) is 0.750. The van der Waals surface area contributed by atoms with Crippen LogP contribution in [0.15, 0.2) is 0 Å². The molecule has 0 saturated heterocycles. The minimum absolute atomic E-state index is 0.0179. The van der Waals surface area contributed by atoms with E-state index in [-0.39, 0.29) is 12.2 Å². The van der Waals surface area contributed by atoms with Crippen LogP contribution in [0.5, 0.6) is 0 Å². The molecule has 0 aromatic rings. The van der Waals surface area contributed by atoms with Gasteiger partial charge in [-0.2, -0.15) is 0 Å². The van der Waals surface area contributed by atoms with E-state index in [1.165, 1.54) is 0 Å². The SMILES string of the molecule is NCCCC(=O)C(N)CC[C]=O. The van der Waals surface area contributed by atoms with Crippen LogP contribution in [0.1, 0.15) is 25.7 Å². The molecule has 0 aromatic carbocycles. The summed E-state index contributed by atoms with van der Waals surface area (Å²) in [5.74, 6) is -0.0179. The van der Waals surface area contributed by atoms with Crippen LogP contribution in [0.3, 0.4) is 0 Å². The summed E-state index contributed by atoms with van der Waals surface area (Å²) in [4.78, 5) is 20.9. The highest BCUT2D eigenvalue weighted by atomic mass is 16.1. The molecule has 0 bridgehead atoms. The summed E-state index contributed by atoms with van der Waals surface area (Å²) in [6, 6.07) is -0.516. The van der Waals surface area contributed by atoms with E-state index in [9.17, 15) is 9.59 Å². The molecule has 0 amide bonds. The standard InChI is InChI=1S/C8H15N2O2/c9-5-1-4-8(12)7(10)3-2-6-11/h7H,1-5,9-10H2. The van der Waals surface area contributed by atoms with Gasteiger partial charge in [-0.1, -0.05) is 0 Å². The maximum absolute atomic E-state index is 11.1. The van der Waals surface area contributed by atoms with E-state index >= 15 is 0 Å². The van der Waals surface area contributed by atoms with Crippen molar-refractivity contribution in [3.8, 4) is 0 Å². The van der Waals surface area contributed by atoms with Gasteiger partial charge in [0.25, 0.3) is 0 Å². The molecule has 0 aliphatic heterocycles. The lowest BCUT2D eigenvalue weighted by Crippen LogP contribution is -2.30. The predicted molar refractivity (Wildman–Crippen MR) is 46.2 cm³/mol. The van der Waals surface area contributed by atoms with Gasteiger partial charge in [0.05, 0.1) is 6.04 Å². The topological polar surface area (TPSA) is 86.2 Å². The van der Waals surface area contributed by atoms with Gasteiger partial charge >= 0.3 is 0 Å². The van der Waals surface area contributed by atoms with Crippen molar-refractivity contribution in [1.82, 2.24) is 0 Å². The molecule has 0 heterocycles. The molecule has 4 nitrogen and oxygen atoms in total. The van der Waals surface area contributed by atoms with Crippen LogP contribution in [0.4, 0.5) is 0 Å². The highest BCUT2D eigenvalue weighted by Gasteiger charge is 2.11. The number of hydrogen-bond donors (Lipinski definition) is 2. The number of carbonyl (C=O) groups excluding carboxylic acids is 2. The third-order valence-corrected chi connectivity index (χ3v) is 1.60. The zero-order valence-corrected chi connectivity index (χ0v) is 7.08. The van der Waals surface area contributed by atoms with Crippen LogP contribution in [0.25, 0.3) is 0 Å². The number of rotatable bonds is 7. The summed E-state index contributed by atoms with van der Waals surface area (Å²) in [6.45, 7) is 0.498. The molecule has 12 heavy (non-hydrogen) atoms. The minimum atomic E-state index is -0.516. The van der Waals surface area contributed by atoms with E-state index in [0.29, 0.717) is 25.8 Å². The Labute approximate surface area is 72.3 Å². The Morgan fingerprint density at radius 1 is 1.50 bits per heavy atom. The van der Waals surface area contributed by atoms with E-state index in [1.807, 2.05) is 0 Å². The summed E-state index contributed by atoms with van der Waals surface area (Å²) in [6.07, 6.45) is 3.41. The molecule has 4 N–H and O–H groups in total. The number of carbonyl (C=O) groups is 1. The van der Waals surface area contributed by atoms with Crippen LogP contribution in [-0.4, -0.2) is 24.7 Å². The molecule has 0 saturated carbocycles. The van der Waals surface area contributed by atoms with Gasteiger partial charge in [-0.3, -0.25) is 9.59 Å². The first-order valence-corrected chi connectivity index (χ1v) is 4.05. The second kappa shape index (κ2) is 6.94. The number of nitrogens with two attached hydrogens (primary N) is 2. The lowest BCUT2D eigenvalue weighted by Gasteiger charge is -2.06. The molecule has 1 atom stereocenters. The summed E-state index contributed by atoms with van der Waals surface area (Å²) < 4.78 is 0. The zero-order valence-electron chi connectivity index (χ0n) is 7.08. The molecule has 0 aromatic heterocycles. The lowest BCUT2D eigenvalue weighted by atomic mass is 10.0. The van der Waals surface area contributed by atoms with Crippen molar-refractivity contribution in [2.45, 2.75) is 31.7 Å². The molecule has 0 aliphatic rings. The van der Waals surface area contributed by atoms with Crippen LogP contribution < -0.4 is 11.5 Å². The summed E-state index contributed by atoms with van der Waals surface area (Å²) in [7, 11) is 0. The average molecular weight is 171 g/mol. The summed E-state index contributed by atoms with van der Waals surface area (Å²) >= 11 is 0. The van der Waals surface area contributed by atoms with Crippen molar-refractivity contribution in [2.24, 2.45) is 11.5 Å². The molecular weight excluding hydrogens is 156 g/mol. The first-order valence-electron chi connectivity index (χ1n) is 4.05. The van der Waals surface area contributed by atoms with E-state index in [2.05, 4.69) is 0 Å². The van der Waals surface area contributed by atoms with E-state index in [4.69, 9.17) is 11.5 Å². The number of Topliss-reactive ketones (excluding diaryl/α,β-unsaturated/α-hetero) is 1. The van der Waals surface area contributed by atoms with Crippen molar-refractivity contribution >= 4 is 12.1 Å². The molecule has 0 rings (SSSR count). The minimum Gasteiger partial charge on any atom is -0.330 e. The van der Waals surface area contributed by atoms with Gasteiger partial charge in [-0.15, -0.1) is 0 Å². The average Bonchev–Trinajstić information content (AvgIpc) is 2.10. The van der Waals surface area contributed by atoms with E-state index in [1.54, 1.807) is 6.29 Å².